The monoisotopic (exact) mass is 355 g/mol. The maximum Gasteiger partial charge on any atom is 0.269 e. The first kappa shape index (κ1) is 14.8. The molecule has 0 fully saturated rings. The molecule has 0 atom stereocenters. The van der Waals surface area contributed by atoms with Crippen molar-refractivity contribution in [2.24, 2.45) is 0 Å². The first-order chi connectivity index (χ1) is 9.47. The largest absolute Gasteiger partial charge is 0.489 e. The maximum atomic E-state index is 10.7. The van der Waals surface area contributed by atoms with E-state index in [1.165, 1.54) is 18.2 Å². The topological polar surface area (TPSA) is 52.4 Å². The Morgan fingerprint density at radius 3 is 2.70 bits per heavy atom. The summed E-state index contributed by atoms with van der Waals surface area (Å²) >= 11 is 9.42. The normalized spacial score (nSPS) is 10.3. The summed E-state index contributed by atoms with van der Waals surface area (Å²) in [5, 5.41) is 11.2. The van der Waals surface area contributed by atoms with Gasteiger partial charge in [0.2, 0.25) is 0 Å². The number of hydrogen-bond donors (Lipinski definition) is 0. The van der Waals surface area contributed by atoms with E-state index in [1.807, 2.05) is 25.1 Å². The number of nitrogens with zero attached hydrogens (tertiary/aromatic N) is 1. The fourth-order valence-electron chi connectivity index (χ4n) is 1.65. The minimum atomic E-state index is -0.455. The lowest BCUT2D eigenvalue weighted by atomic mass is 10.2. The van der Waals surface area contributed by atoms with Crippen LogP contribution in [-0.2, 0) is 6.61 Å². The molecule has 4 nitrogen and oxygen atoms in total. The van der Waals surface area contributed by atoms with Gasteiger partial charge in [-0.25, -0.2) is 0 Å². The van der Waals surface area contributed by atoms with Crippen molar-refractivity contribution in [1.82, 2.24) is 0 Å². The van der Waals surface area contributed by atoms with Gasteiger partial charge in [0.15, 0.2) is 0 Å². The molecule has 2 rings (SSSR count). The molecule has 0 aliphatic heterocycles. The van der Waals surface area contributed by atoms with Crippen molar-refractivity contribution < 1.29 is 9.66 Å². The van der Waals surface area contributed by atoms with Crippen LogP contribution in [0.4, 0.5) is 5.69 Å². The summed E-state index contributed by atoms with van der Waals surface area (Å²) in [6, 6.07) is 9.90. The summed E-state index contributed by atoms with van der Waals surface area (Å²) in [5.74, 6) is 0.688. The molecule has 0 aromatic heterocycles. The van der Waals surface area contributed by atoms with Gasteiger partial charge in [0.05, 0.1) is 4.92 Å². The van der Waals surface area contributed by atoms with Crippen LogP contribution in [0.5, 0.6) is 5.75 Å². The molecule has 0 unspecified atom stereocenters. The van der Waals surface area contributed by atoms with Crippen molar-refractivity contribution in [1.29, 1.82) is 0 Å². The molecule has 0 amide bonds. The van der Waals surface area contributed by atoms with E-state index in [0.717, 1.165) is 10.0 Å². The Morgan fingerprint density at radius 1 is 1.30 bits per heavy atom. The average molecular weight is 357 g/mol. The van der Waals surface area contributed by atoms with Gasteiger partial charge in [-0.15, -0.1) is 0 Å². The number of halogens is 2. The Hall–Kier alpha value is -1.59. The number of rotatable bonds is 4. The van der Waals surface area contributed by atoms with Crippen molar-refractivity contribution in [2.45, 2.75) is 13.5 Å². The number of nitro benzene ring substituents is 1. The molecule has 0 bridgehead atoms. The second-order valence-electron chi connectivity index (χ2n) is 4.23. The lowest BCUT2D eigenvalue weighted by molar-refractivity contribution is -0.384. The van der Waals surface area contributed by atoms with Crippen LogP contribution in [0.3, 0.4) is 0 Å². The van der Waals surface area contributed by atoms with E-state index in [1.54, 1.807) is 0 Å². The van der Waals surface area contributed by atoms with Crippen molar-refractivity contribution in [3.05, 3.63) is 67.1 Å². The van der Waals surface area contributed by atoms with Gasteiger partial charge in [0, 0.05) is 27.2 Å². The van der Waals surface area contributed by atoms with Gasteiger partial charge in [-0.2, -0.15) is 0 Å². The third-order valence-corrected chi connectivity index (χ3v) is 4.02. The Morgan fingerprint density at radius 2 is 2.05 bits per heavy atom. The number of benzene rings is 2. The van der Waals surface area contributed by atoms with Crippen LogP contribution >= 0.6 is 27.5 Å². The van der Waals surface area contributed by atoms with Crippen molar-refractivity contribution in [2.75, 3.05) is 0 Å². The van der Waals surface area contributed by atoms with Crippen molar-refractivity contribution in [3.63, 3.8) is 0 Å². The van der Waals surface area contributed by atoms with E-state index < -0.39 is 4.92 Å². The zero-order valence-corrected chi connectivity index (χ0v) is 12.9. The average Bonchev–Trinajstić information content (AvgIpc) is 2.41. The van der Waals surface area contributed by atoms with Gasteiger partial charge in [-0.3, -0.25) is 10.1 Å². The molecular weight excluding hydrogens is 346 g/mol. The molecular formula is C14H11BrClNO3. The van der Waals surface area contributed by atoms with Crippen LogP contribution in [0.1, 0.15) is 11.1 Å². The van der Waals surface area contributed by atoms with Gasteiger partial charge in [0.25, 0.3) is 5.69 Å². The number of aryl methyl sites for hydroxylation is 1. The predicted octanol–water partition coefficient (Wildman–Crippen LogP) is 4.90. The smallest absolute Gasteiger partial charge is 0.269 e. The molecule has 0 spiro atoms. The molecule has 0 N–H and O–H groups in total. The lowest BCUT2D eigenvalue weighted by Gasteiger charge is -2.09. The van der Waals surface area contributed by atoms with E-state index in [-0.39, 0.29) is 12.3 Å². The van der Waals surface area contributed by atoms with Crippen LogP contribution in [-0.4, -0.2) is 4.92 Å². The highest BCUT2D eigenvalue weighted by atomic mass is 79.9. The van der Waals surface area contributed by atoms with Gasteiger partial charge in [-0.05, 0) is 36.8 Å². The minimum absolute atomic E-state index is 0.0000123. The summed E-state index contributed by atoms with van der Waals surface area (Å²) in [7, 11) is 0. The van der Waals surface area contributed by atoms with E-state index in [9.17, 15) is 10.1 Å². The zero-order chi connectivity index (χ0) is 14.7. The molecule has 2 aromatic rings. The summed E-state index contributed by atoms with van der Waals surface area (Å²) in [4.78, 5) is 10.3. The van der Waals surface area contributed by atoms with Gasteiger partial charge in [0.1, 0.15) is 12.4 Å². The minimum Gasteiger partial charge on any atom is -0.489 e. The van der Waals surface area contributed by atoms with Gasteiger partial charge >= 0.3 is 0 Å². The Balaban J connectivity index is 2.15. The van der Waals surface area contributed by atoms with Crippen LogP contribution in [0.2, 0.25) is 5.02 Å². The number of ether oxygens (including phenoxy) is 1. The molecule has 20 heavy (non-hydrogen) atoms. The highest BCUT2D eigenvalue weighted by Crippen LogP contribution is 2.25. The van der Waals surface area contributed by atoms with E-state index >= 15 is 0 Å². The molecule has 0 saturated carbocycles. The van der Waals surface area contributed by atoms with Gasteiger partial charge in [-0.1, -0.05) is 27.5 Å². The SMILES string of the molecule is Cc1cc(OCc2cc([N+](=O)[O-])ccc2Cl)ccc1Br. The quantitative estimate of drug-likeness (QED) is 0.578. The maximum absolute atomic E-state index is 10.7. The standard InChI is InChI=1S/C14H11BrClNO3/c1-9-6-12(3-4-13(9)15)20-8-10-7-11(17(18)19)2-5-14(10)16/h2-7H,8H2,1H3. The zero-order valence-electron chi connectivity index (χ0n) is 10.6. The molecule has 0 saturated heterocycles. The molecule has 6 heteroatoms. The summed E-state index contributed by atoms with van der Waals surface area (Å²) in [6.45, 7) is 2.14. The Labute approximate surface area is 129 Å². The van der Waals surface area contributed by atoms with Crippen LogP contribution < -0.4 is 4.74 Å². The summed E-state index contributed by atoms with van der Waals surface area (Å²) < 4.78 is 6.61. The number of nitro groups is 1. The number of hydrogen-bond acceptors (Lipinski definition) is 3. The van der Waals surface area contributed by atoms with Crippen molar-refractivity contribution in [3.8, 4) is 5.75 Å². The highest BCUT2D eigenvalue weighted by molar-refractivity contribution is 9.10. The third-order valence-electron chi connectivity index (χ3n) is 2.76. The number of non-ortho nitro benzene ring substituents is 1. The molecule has 0 aliphatic rings. The second-order valence-corrected chi connectivity index (χ2v) is 5.49. The lowest BCUT2D eigenvalue weighted by Crippen LogP contribution is -1.98. The summed E-state index contributed by atoms with van der Waals surface area (Å²) in [6.07, 6.45) is 0. The first-order valence-corrected chi connectivity index (χ1v) is 6.96. The first-order valence-electron chi connectivity index (χ1n) is 5.79. The fraction of sp³-hybridized carbons (Fsp3) is 0.143. The second kappa shape index (κ2) is 6.24. The molecule has 0 radical (unpaired) electrons. The predicted molar refractivity (Wildman–Crippen MR) is 81.3 cm³/mol. The van der Waals surface area contributed by atoms with Crippen LogP contribution in [0, 0.1) is 17.0 Å². The summed E-state index contributed by atoms with van der Waals surface area (Å²) in [5.41, 5.74) is 1.63. The molecule has 104 valence electrons. The van der Waals surface area contributed by atoms with E-state index in [0.29, 0.717) is 16.3 Å². The van der Waals surface area contributed by atoms with E-state index in [4.69, 9.17) is 16.3 Å². The fourth-order valence-corrected chi connectivity index (χ4v) is 2.07. The Kier molecular flexibility index (Phi) is 4.62. The Bertz CT molecular complexity index is 661. The molecule has 0 heterocycles. The highest BCUT2D eigenvalue weighted by Gasteiger charge is 2.10. The van der Waals surface area contributed by atoms with Gasteiger partial charge < -0.3 is 4.74 Å². The third kappa shape index (κ3) is 3.49. The van der Waals surface area contributed by atoms with Crippen LogP contribution in [0.25, 0.3) is 0 Å². The van der Waals surface area contributed by atoms with E-state index in [2.05, 4.69) is 15.9 Å². The van der Waals surface area contributed by atoms with Crippen LogP contribution in [0.15, 0.2) is 40.9 Å². The molecule has 2 aromatic carbocycles. The van der Waals surface area contributed by atoms with Crippen molar-refractivity contribution >= 4 is 33.2 Å². The molecule has 0 aliphatic carbocycles.